The Morgan fingerprint density at radius 3 is 0.680 bits per heavy atom. The lowest BCUT2D eigenvalue weighted by atomic mass is 9.70. The van der Waals surface area contributed by atoms with E-state index in [0.717, 1.165) is 35.5 Å². The van der Waals surface area contributed by atoms with Gasteiger partial charge in [-0.2, -0.15) is 0 Å². The van der Waals surface area contributed by atoms with Crippen LogP contribution in [0.2, 0.25) is 0 Å². The van der Waals surface area contributed by atoms with Crippen LogP contribution in [-0.2, 0) is 0 Å². The molecule has 0 spiro atoms. The van der Waals surface area contributed by atoms with E-state index in [2.05, 4.69) is 27.7 Å². The summed E-state index contributed by atoms with van der Waals surface area (Å²) in [5.74, 6) is 6.30. The molecule has 0 bridgehead atoms. The summed E-state index contributed by atoms with van der Waals surface area (Å²) in [6, 6.07) is 0. The molecule has 3 fully saturated rings. The Balaban J connectivity index is 0. The summed E-state index contributed by atoms with van der Waals surface area (Å²) in [7, 11) is 0. The van der Waals surface area contributed by atoms with Crippen molar-refractivity contribution in [2.24, 2.45) is 35.5 Å². The molecule has 0 radical (unpaired) electrons. The van der Waals surface area contributed by atoms with Crippen LogP contribution in [-0.4, -0.2) is 16.4 Å². The van der Waals surface area contributed by atoms with Crippen molar-refractivity contribution in [3.8, 4) is 0 Å². The van der Waals surface area contributed by atoms with Crippen molar-refractivity contribution in [2.75, 3.05) is 0 Å². The second kappa shape index (κ2) is 14.0. The molecular formula is C22H48O3. The lowest BCUT2D eigenvalue weighted by Crippen LogP contribution is -2.24. The first-order valence-electron chi connectivity index (χ1n) is 10.5. The number of hydrogen-bond donors (Lipinski definition) is 0. The first kappa shape index (κ1) is 27.1. The topological polar surface area (TPSA) is 94.5 Å². The van der Waals surface area contributed by atoms with Gasteiger partial charge in [-0.15, -0.1) is 0 Å². The van der Waals surface area contributed by atoms with Gasteiger partial charge in [0.15, 0.2) is 0 Å². The Kier molecular flexibility index (Phi) is 15.2. The van der Waals surface area contributed by atoms with Crippen molar-refractivity contribution in [1.82, 2.24) is 0 Å². The lowest BCUT2D eigenvalue weighted by Gasteiger charge is -2.36. The van der Waals surface area contributed by atoms with E-state index in [1.54, 1.807) is 25.7 Å². The average Bonchev–Trinajstić information content (AvgIpc) is 2.53. The Hall–Kier alpha value is -0.120. The van der Waals surface area contributed by atoms with E-state index in [0.29, 0.717) is 0 Å². The Bertz CT molecular complexity index is 254. The first-order chi connectivity index (χ1) is 10.5. The molecule has 0 aromatic heterocycles. The maximum atomic E-state index is 2.43. The Labute approximate surface area is 157 Å². The molecule has 3 aliphatic carbocycles. The van der Waals surface area contributed by atoms with E-state index >= 15 is 0 Å². The maximum absolute atomic E-state index is 2.43. The van der Waals surface area contributed by atoms with Gasteiger partial charge in [0.05, 0.1) is 0 Å². The first-order valence-corrected chi connectivity index (χ1v) is 10.5. The van der Waals surface area contributed by atoms with Crippen LogP contribution >= 0.6 is 0 Å². The van der Waals surface area contributed by atoms with Gasteiger partial charge in [0.2, 0.25) is 0 Å². The van der Waals surface area contributed by atoms with Crippen LogP contribution < -0.4 is 0 Å². The molecule has 0 amide bonds. The van der Waals surface area contributed by atoms with Gasteiger partial charge in [0, 0.05) is 0 Å². The van der Waals surface area contributed by atoms with Gasteiger partial charge in [0.25, 0.3) is 0 Å². The minimum atomic E-state index is 0. The van der Waals surface area contributed by atoms with Crippen LogP contribution in [0.1, 0.15) is 105 Å². The molecular weight excluding hydrogens is 312 g/mol. The highest BCUT2D eigenvalue weighted by molar-refractivity contribution is 4.80. The lowest BCUT2D eigenvalue weighted by molar-refractivity contribution is 0.155. The second-order valence-corrected chi connectivity index (χ2v) is 9.40. The average molecular weight is 361 g/mol. The van der Waals surface area contributed by atoms with Gasteiger partial charge in [-0.1, -0.05) is 79.1 Å². The fraction of sp³-hybridized carbons (Fsp3) is 1.00. The Morgan fingerprint density at radius 1 is 0.320 bits per heavy atom. The van der Waals surface area contributed by atoms with Crippen LogP contribution in [0.4, 0.5) is 0 Å². The molecule has 154 valence electrons. The highest BCUT2D eigenvalue weighted by Gasteiger charge is 2.28. The maximum Gasteiger partial charge on any atom is -0.0386 e. The van der Waals surface area contributed by atoms with Crippen LogP contribution in [0, 0.1) is 35.5 Å². The molecule has 0 unspecified atom stereocenters. The van der Waals surface area contributed by atoms with Gasteiger partial charge in [-0.05, 0) is 61.2 Å². The standard InChI is InChI=1S/C14H26.C8H16.3H2O/c1-11-3-7-13(8-4-11)14-9-5-12(2)6-10-14;1-7-3-5-8(2)6-4-7;;;/h11-14H,3-10H2,1-2H3;7-8H,3-6H2,1-2H3;3*1H2. The molecule has 0 aromatic carbocycles. The predicted molar refractivity (Wildman–Crippen MR) is 110 cm³/mol. The van der Waals surface area contributed by atoms with Crippen molar-refractivity contribution < 1.29 is 16.4 Å². The molecule has 0 heterocycles. The van der Waals surface area contributed by atoms with Gasteiger partial charge >= 0.3 is 0 Å². The predicted octanol–water partition coefficient (Wildman–Crippen LogP) is 5.00. The van der Waals surface area contributed by atoms with Crippen LogP contribution in [0.15, 0.2) is 0 Å². The van der Waals surface area contributed by atoms with Crippen molar-refractivity contribution in [3.63, 3.8) is 0 Å². The molecule has 25 heavy (non-hydrogen) atoms. The van der Waals surface area contributed by atoms with Crippen LogP contribution in [0.3, 0.4) is 0 Å². The summed E-state index contributed by atoms with van der Waals surface area (Å²) < 4.78 is 0. The third-order valence-electron chi connectivity index (χ3n) is 7.09. The molecule has 3 aliphatic rings. The van der Waals surface area contributed by atoms with E-state index in [4.69, 9.17) is 0 Å². The van der Waals surface area contributed by atoms with Crippen LogP contribution in [0.5, 0.6) is 0 Å². The number of rotatable bonds is 1. The zero-order valence-corrected chi connectivity index (χ0v) is 17.4. The molecule has 3 saturated carbocycles. The minimum absolute atomic E-state index is 0. The fourth-order valence-corrected chi connectivity index (χ4v) is 4.94. The monoisotopic (exact) mass is 360 g/mol. The van der Waals surface area contributed by atoms with E-state index < -0.39 is 0 Å². The summed E-state index contributed by atoms with van der Waals surface area (Å²) in [5, 5.41) is 0. The van der Waals surface area contributed by atoms with Gasteiger partial charge < -0.3 is 16.4 Å². The zero-order valence-electron chi connectivity index (χ0n) is 17.4. The summed E-state index contributed by atoms with van der Waals surface area (Å²) in [6.07, 6.45) is 18.1. The minimum Gasteiger partial charge on any atom is -0.412 e. The van der Waals surface area contributed by atoms with Gasteiger partial charge in [-0.25, -0.2) is 0 Å². The van der Waals surface area contributed by atoms with E-state index in [1.807, 2.05) is 0 Å². The third kappa shape index (κ3) is 9.96. The van der Waals surface area contributed by atoms with Crippen molar-refractivity contribution in [2.45, 2.75) is 105 Å². The van der Waals surface area contributed by atoms with E-state index in [9.17, 15) is 0 Å². The molecule has 0 aliphatic heterocycles. The second-order valence-electron chi connectivity index (χ2n) is 9.40. The zero-order chi connectivity index (χ0) is 15.9. The SMILES string of the molecule is CC1CCC(C)CC1.CC1CCC(C2CCC(C)CC2)CC1.O.O.O. The van der Waals surface area contributed by atoms with Gasteiger partial charge in [0.1, 0.15) is 0 Å². The largest absolute Gasteiger partial charge is 0.412 e. The van der Waals surface area contributed by atoms with Crippen molar-refractivity contribution in [1.29, 1.82) is 0 Å². The highest BCUT2D eigenvalue weighted by atomic mass is 16.0. The normalized spacial score (nSPS) is 37.9. The van der Waals surface area contributed by atoms with Crippen molar-refractivity contribution in [3.05, 3.63) is 0 Å². The molecule has 3 heteroatoms. The number of hydrogen-bond acceptors (Lipinski definition) is 0. The van der Waals surface area contributed by atoms with Crippen molar-refractivity contribution >= 4 is 0 Å². The quantitative estimate of drug-likeness (QED) is 0.629. The third-order valence-corrected chi connectivity index (χ3v) is 7.09. The summed E-state index contributed by atoms with van der Waals surface area (Å²) >= 11 is 0. The summed E-state index contributed by atoms with van der Waals surface area (Å²) in [4.78, 5) is 0. The molecule has 0 aromatic rings. The van der Waals surface area contributed by atoms with Crippen LogP contribution in [0.25, 0.3) is 0 Å². The smallest absolute Gasteiger partial charge is 0.0386 e. The molecule has 0 saturated heterocycles. The summed E-state index contributed by atoms with van der Waals surface area (Å²) in [6.45, 7) is 9.59. The molecule has 3 nitrogen and oxygen atoms in total. The Morgan fingerprint density at radius 2 is 0.480 bits per heavy atom. The molecule has 0 atom stereocenters. The van der Waals surface area contributed by atoms with E-state index in [-0.39, 0.29) is 16.4 Å². The highest BCUT2D eigenvalue weighted by Crippen LogP contribution is 2.40. The van der Waals surface area contributed by atoms with Gasteiger partial charge in [-0.3, -0.25) is 0 Å². The molecule has 3 rings (SSSR count). The van der Waals surface area contributed by atoms with E-state index in [1.165, 1.54) is 51.4 Å². The fourth-order valence-electron chi connectivity index (χ4n) is 4.94. The molecule has 6 N–H and O–H groups in total. The summed E-state index contributed by atoms with van der Waals surface area (Å²) in [5.41, 5.74) is 0.